The molecule has 2 amide bonds. The first-order valence-corrected chi connectivity index (χ1v) is 5.08. The molecular weight excluding hydrogens is 206 g/mol. The summed E-state index contributed by atoms with van der Waals surface area (Å²) in [6.45, 7) is 10.4. The van der Waals surface area contributed by atoms with Crippen LogP contribution in [0.4, 0.5) is 0 Å². The molecule has 0 bridgehead atoms. The Morgan fingerprint density at radius 3 is 2.12 bits per heavy atom. The van der Waals surface area contributed by atoms with E-state index in [4.69, 9.17) is 0 Å². The third-order valence-corrected chi connectivity index (χ3v) is 1.81. The van der Waals surface area contributed by atoms with Gasteiger partial charge < -0.3 is 9.80 Å². The van der Waals surface area contributed by atoms with Gasteiger partial charge in [0.2, 0.25) is 11.8 Å². The molecule has 90 valence electrons. The minimum absolute atomic E-state index is 0.312. The Labute approximate surface area is 96.4 Å². The van der Waals surface area contributed by atoms with Gasteiger partial charge in [0.1, 0.15) is 0 Å². The zero-order chi connectivity index (χ0) is 12.6. The van der Waals surface area contributed by atoms with Gasteiger partial charge in [-0.05, 0) is 13.1 Å². The Morgan fingerprint density at radius 1 is 1.38 bits per heavy atom. The van der Waals surface area contributed by atoms with Gasteiger partial charge in [0.25, 0.3) is 0 Å². The molecule has 1 rings (SSSR count). The largest absolute Gasteiger partial charge is 0.359 e. The van der Waals surface area contributed by atoms with Crippen LogP contribution in [-0.2, 0) is 9.59 Å². The third kappa shape index (κ3) is 6.64. The molecule has 0 aliphatic carbocycles. The fourth-order valence-corrected chi connectivity index (χ4v) is 1.06. The van der Waals surface area contributed by atoms with Gasteiger partial charge in [-0.3, -0.25) is 14.9 Å². The molecule has 0 radical (unpaired) electrons. The minimum atomic E-state index is -0.312. The topological polar surface area (TPSA) is 52.6 Å². The van der Waals surface area contributed by atoms with Crippen molar-refractivity contribution < 1.29 is 9.59 Å². The maximum atomic E-state index is 9.92. The Morgan fingerprint density at radius 2 is 1.94 bits per heavy atom. The SMILES string of the molecule is C=CN1C=CN(CC)C1.CC(=O)NC(C)=O. The van der Waals surface area contributed by atoms with Crippen molar-refractivity contribution in [2.45, 2.75) is 20.8 Å². The summed E-state index contributed by atoms with van der Waals surface area (Å²) in [6.07, 6.45) is 5.92. The monoisotopic (exact) mass is 225 g/mol. The van der Waals surface area contributed by atoms with Crippen molar-refractivity contribution in [3.8, 4) is 0 Å². The van der Waals surface area contributed by atoms with Crippen LogP contribution in [0.2, 0.25) is 0 Å². The van der Waals surface area contributed by atoms with Crippen LogP contribution >= 0.6 is 0 Å². The highest BCUT2D eigenvalue weighted by Gasteiger charge is 2.05. The maximum absolute atomic E-state index is 9.92. The average molecular weight is 225 g/mol. The van der Waals surface area contributed by atoms with E-state index in [0.717, 1.165) is 13.2 Å². The third-order valence-electron chi connectivity index (χ3n) is 1.81. The van der Waals surface area contributed by atoms with Crippen molar-refractivity contribution >= 4 is 11.8 Å². The van der Waals surface area contributed by atoms with Crippen LogP contribution in [-0.4, -0.2) is 34.8 Å². The van der Waals surface area contributed by atoms with Gasteiger partial charge in [0, 0.05) is 32.8 Å². The lowest BCUT2D eigenvalue weighted by molar-refractivity contribution is -0.127. The Balaban J connectivity index is 0.000000293. The molecule has 0 aromatic heterocycles. The number of hydrogen-bond donors (Lipinski definition) is 1. The van der Waals surface area contributed by atoms with Crippen molar-refractivity contribution in [3.05, 3.63) is 25.2 Å². The van der Waals surface area contributed by atoms with E-state index in [9.17, 15) is 9.59 Å². The molecule has 1 N–H and O–H groups in total. The summed E-state index contributed by atoms with van der Waals surface area (Å²) < 4.78 is 0. The molecule has 0 saturated carbocycles. The van der Waals surface area contributed by atoms with E-state index < -0.39 is 0 Å². The normalized spacial score (nSPS) is 12.9. The lowest BCUT2D eigenvalue weighted by Gasteiger charge is -2.15. The summed E-state index contributed by atoms with van der Waals surface area (Å²) in [5.41, 5.74) is 0. The predicted molar refractivity (Wildman–Crippen MR) is 62.9 cm³/mol. The molecule has 1 aliphatic rings. The number of nitrogens with zero attached hydrogens (tertiary/aromatic N) is 2. The fourth-order valence-electron chi connectivity index (χ4n) is 1.06. The van der Waals surface area contributed by atoms with Crippen LogP contribution in [0.15, 0.2) is 25.2 Å². The molecule has 0 saturated heterocycles. The first-order chi connectivity index (χ1) is 7.49. The molecule has 0 atom stereocenters. The van der Waals surface area contributed by atoms with Gasteiger partial charge >= 0.3 is 0 Å². The van der Waals surface area contributed by atoms with Gasteiger partial charge in [0.15, 0.2) is 0 Å². The van der Waals surface area contributed by atoms with Gasteiger partial charge in [-0.15, -0.1) is 0 Å². The lowest BCUT2D eigenvalue weighted by atomic mass is 10.6. The number of hydrogen-bond acceptors (Lipinski definition) is 4. The Kier molecular flexibility index (Phi) is 6.67. The summed E-state index contributed by atoms with van der Waals surface area (Å²) in [5, 5.41) is 2.03. The fraction of sp³-hybridized carbons (Fsp3) is 0.455. The minimum Gasteiger partial charge on any atom is -0.359 e. The summed E-state index contributed by atoms with van der Waals surface area (Å²) in [6, 6.07) is 0. The molecule has 5 heteroatoms. The van der Waals surface area contributed by atoms with Crippen LogP contribution < -0.4 is 5.32 Å². The molecule has 1 heterocycles. The summed E-state index contributed by atoms with van der Waals surface area (Å²) in [4.78, 5) is 24.1. The second-order valence-electron chi connectivity index (χ2n) is 3.28. The lowest BCUT2D eigenvalue weighted by Crippen LogP contribution is -2.24. The number of carbonyl (C=O) groups excluding carboxylic acids is 2. The van der Waals surface area contributed by atoms with Crippen LogP contribution in [0.3, 0.4) is 0 Å². The molecule has 0 fully saturated rings. The van der Waals surface area contributed by atoms with Crippen LogP contribution in [0.5, 0.6) is 0 Å². The van der Waals surface area contributed by atoms with E-state index in [-0.39, 0.29) is 11.8 Å². The number of rotatable bonds is 2. The summed E-state index contributed by atoms with van der Waals surface area (Å²) in [7, 11) is 0. The van der Waals surface area contributed by atoms with Crippen LogP contribution in [0.25, 0.3) is 0 Å². The van der Waals surface area contributed by atoms with E-state index >= 15 is 0 Å². The maximum Gasteiger partial charge on any atom is 0.223 e. The molecule has 5 nitrogen and oxygen atoms in total. The van der Waals surface area contributed by atoms with Gasteiger partial charge in [-0.25, -0.2) is 0 Å². The molecular formula is C11H19N3O2. The van der Waals surface area contributed by atoms with Gasteiger partial charge in [-0.1, -0.05) is 6.58 Å². The Hall–Kier alpha value is -1.78. The van der Waals surface area contributed by atoms with E-state index in [0.29, 0.717) is 0 Å². The van der Waals surface area contributed by atoms with Crippen molar-refractivity contribution in [1.82, 2.24) is 15.1 Å². The highest BCUT2D eigenvalue weighted by Crippen LogP contribution is 2.04. The van der Waals surface area contributed by atoms with E-state index in [1.165, 1.54) is 13.8 Å². The van der Waals surface area contributed by atoms with Crippen molar-refractivity contribution in [2.75, 3.05) is 13.2 Å². The second kappa shape index (κ2) is 7.50. The van der Waals surface area contributed by atoms with Gasteiger partial charge in [-0.2, -0.15) is 0 Å². The molecule has 0 spiro atoms. The average Bonchev–Trinajstić information content (AvgIpc) is 2.63. The highest BCUT2D eigenvalue weighted by molar-refractivity contribution is 5.92. The zero-order valence-electron chi connectivity index (χ0n) is 10.1. The summed E-state index contributed by atoms with van der Waals surface area (Å²) in [5.74, 6) is -0.625. The van der Waals surface area contributed by atoms with Crippen molar-refractivity contribution in [3.63, 3.8) is 0 Å². The van der Waals surface area contributed by atoms with Crippen LogP contribution in [0, 0.1) is 0 Å². The quantitative estimate of drug-likeness (QED) is 0.757. The Bertz CT molecular complexity index is 275. The highest BCUT2D eigenvalue weighted by atomic mass is 16.2. The number of nitrogens with one attached hydrogen (secondary N) is 1. The molecule has 1 aliphatic heterocycles. The standard InChI is InChI=1S/C7H12N2.C4H7NO2/c1-3-8-5-6-9(4-2)7-8;1-3(6)5-4(2)7/h3,5-6H,1,4,7H2,2H3;1-2H3,(H,5,6,7). The first-order valence-electron chi connectivity index (χ1n) is 5.08. The second-order valence-corrected chi connectivity index (χ2v) is 3.28. The molecule has 0 unspecified atom stereocenters. The van der Waals surface area contributed by atoms with E-state index in [1.807, 2.05) is 22.6 Å². The smallest absolute Gasteiger partial charge is 0.223 e. The molecule has 0 aromatic carbocycles. The molecule has 16 heavy (non-hydrogen) atoms. The summed E-state index contributed by atoms with van der Waals surface area (Å²) >= 11 is 0. The van der Waals surface area contributed by atoms with E-state index in [2.05, 4.69) is 24.6 Å². The zero-order valence-corrected chi connectivity index (χ0v) is 10.1. The number of imide groups is 1. The van der Waals surface area contributed by atoms with E-state index in [1.54, 1.807) is 0 Å². The number of amides is 2. The molecule has 0 aromatic rings. The van der Waals surface area contributed by atoms with Crippen LogP contribution in [0.1, 0.15) is 20.8 Å². The van der Waals surface area contributed by atoms with Crippen molar-refractivity contribution in [1.29, 1.82) is 0 Å². The number of carbonyl (C=O) groups is 2. The van der Waals surface area contributed by atoms with Gasteiger partial charge in [0.05, 0.1) is 6.67 Å². The van der Waals surface area contributed by atoms with Crippen molar-refractivity contribution in [2.24, 2.45) is 0 Å². The first kappa shape index (κ1) is 14.2. The predicted octanol–water partition coefficient (Wildman–Crippen LogP) is 0.865.